The fraction of sp³-hybridized carbons (Fsp3) is 0.300. The molecular formula is C20H20F2N2O3. The minimum Gasteiger partial charge on any atom is -0.484 e. The van der Waals surface area contributed by atoms with E-state index in [9.17, 15) is 18.4 Å². The molecule has 0 radical (unpaired) electrons. The van der Waals surface area contributed by atoms with Crippen molar-refractivity contribution in [1.29, 1.82) is 0 Å². The van der Waals surface area contributed by atoms with Crippen molar-refractivity contribution < 1.29 is 23.1 Å². The van der Waals surface area contributed by atoms with E-state index in [1.807, 2.05) is 4.90 Å². The molecule has 7 heteroatoms. The van der Waals surface area contributed by atoms with Crippen LogP contribution >= 0.6 is 0 Å². The summed E-state index contributed by atoms with van der Waals surface area (Å²) in [6.45, 7) is 3.03. The van der Waals surface area contributed by atoms with Crippen LogP contribution in [0.3, 0.4) is 0 Å². The van der Waals surface area contributed by atoms with Gasteiger partial charge in [-0.05, 0) is 37.3 Å². The van der Waals surface area contributed by atoms with Gasteiger partial charge < -0.3 is 14.5 Å². The molecule has 0 atom stereocenters. The number of hydrogen-bond acceptors (Lipinski definition) is 4. The fourth-order valence-electron chi connectivity index (χ4n) is 2.97. The van der Waals surface area contributed by atoms with Gasteiger partial charge in [-0.25, -0.2) is 8.78 Å². The number of carbonyl (C=O) groups is 2. The molecule has 1 aliphatic rings. The first-order valence-corrected chi connectivity index (χ1v) is 8.65. The second-order valence-electron chi connectivity index (χ2n) is 6.34. The Morgan fingerprint density at radius 2 is 1.78 bits per heavy atom. The largest absolute Gasteiger partial charge is 0.484 e. The van der Waals surface area contributed by atoms with E-state index in [0.29, 0.717) is 43.2 Å². The van der Waals surface area contributed by atoms with Crippen LogP contribution in [0.4, 0.5) is 14.5 Å². The summed E-state index contributed by atoms with van der Waals surface area (Å²) >= 11 is 0. The highest BCUT2D eigenvalue weighted by Crippen LogP contribution is 2.22. The predicted molar refractivity (Wildman–Crippen MR) is 97.1 cm³/mol. The Morgan fingerprint density at radius 1 is 1.04 bits per heavy atom. The van der Waals surface area contributed by atoms with E-state index in [1.165, 1.54) is 31.2 Å². The number of anilines is 1. The van der Waals surface area contributed by atoms with E-state index in [-0.39, 0.29) is 18.3 Å². The Bertz CT molecular complexity index is 849. The first kappa shape index (κ1) is 18.8. The number of piperazine rings is 1. The van der Waals surface area contributed by atoms with Crippen molar-refractivity contribution >= 4 is 17.4 Å². The molecule has 2 aromatic carbocycles. The van der Waals surface area contributed by atoms with Gasteiger partial charge >= 0.3 is 0 Å². The van der Waals surface area contributed by atoms with Gasteiger partial charge in [0.1, 0.15) is 17.4 Å². The lowest BCUT2D eigenvalue weighted by Crippen LogP contribution is -2.50. The first-order chi connectivity index (χ1) is 12.9. The van der Waals surface area contributed by atoms with Crippen LogP contribution in [0.5, 0.6) is 5.75 Å². The summed E-state index contributed by atoms with van der Waals surface area (Å²) in [6.07, 6.45) is 0. The summed E-state index contributed by atoms with van der Waals surface area (Å²) in [7, 11) is 0. The van der Waals surface area contributed by atoms with Crippen molar-refractivity contribution in [3.05, 3.63) is 59.7 Å². The molecule has 0 bridgehead atoms. The van der Waals surface area contributed by atoms with Gasteiger partial charge in [-0.1, -0.05) is 6.07 Å². The third-order valence-electron chi connectivity index (χ3n) is 4.49. The second kappa shape index (κ2) is 8.16. The van der Waals surface area contributed by atoms with Crippen molar-refractivity contribution in [3.63, 3.8) is 0 Å². The Hall–Kier alpha value is -2.96. The van der Waals surface area contributed by atoms with Crippen molar-refractivity contribution in [1.82, 2.24) is 4.90 Å². The maximum Gasteiger partial charge on any atom is 0.260 e. The zero-order chi connectivity index (χ0) is 19.4. The predicted octanol–water partition coefficient (Wildman–Crippen LogP) is 2.90. The molecule has 2 aromatic rings. The highest BCUT2D eigenvalue weighted by atomic mass is 19.1. The third-order valence-corrected chi connectivity index (χ3v) is 4.49. The number of ketones is 1. The number of halogens is 2. The highest BCUT2D eigenvalue weighted by molar-refractivity contribution is 5.94. The van der Waals surface area contributed by atoms with Gasteiger partial charge in [-0.15, -0.1) is 0 Å². The molecule has 1 fully saturated rings. The SMILES string of the molecule is CC(=O)c1ccc(N2CCN(C(=O)COc3cccc(F)c3)CC2)c(F)c1. The number of ether oxygens (including phenoxy) is 1. The van der Waals surface area contributed by atoms with Crippen LogP contribution in [0.15, 0.2) is 42.5 Å². The lowest BCUT2D eigenvalue weighted by molar-refractivity contribution is -0.133. The van der Waals surface area contributed by atoms with Gasteiger partial charge in [0.2, 0.25) is 0 Å². The Morgan fingerprint density at radius 3 is 2.41 bits per heavy atom. The molecule has 3 rings (SSSR count). The molecule has 1 aliphatic heterocycles. The van der Waals surface area contributed by atoms with E-state index in [1.54, 1.807) is 23.1 Å². The summed E-state index contributed by atoms with van der Waals surface area (Å²) < 4.78 is 32.7. The minimum absolute atomic E-state index is 0.175. The molecule has 1 amide bonds. The number of carbonyl (C=O) groups excluding carboxylic acids is 2. The lowest BCUT2D eigenvalue weighted by Gasteiger charge is -2.36. The van der Waals surface area contributed by atoms with Crippen LogP contribution in [0.2, 0.25) is 0 Å². The number of Topliss-reactive ketones (excluding diaryl/α,β-unsaturated/α-hetero) is 1. The normalized spacial score (nSPS) is 14.2. The van der Waals surface area contributed by atoms with Gasteiger partial charge in [0.25, 0.3) is 5.91 Å². The molecular weight excluding hydrogens is 354 g/mol. The standard InChI is InChI=1S/C20H20F2N2O3/c1-14(25)15-5-6-19(18(22)11-15)23-7-9-24(10-8-23)20(26)13-27-17-4-2-3-16(21)12-17/h2-6,11-12H,7-10,13H2,1H3. The maximum absolute atomic E-state index is 14.3. The molecule has 0 saturated carbocycles. The van der Waals surface area contributed by atoms with E-state index in [0.717, 1.165) is 0 Å². The minimum atomic E-state index is -0.447. The van der Waals surface area contributed by atoms with Crippen LogP contribution in [0.1, 0.15) is 17.3 Å². The fourth-order valence-corrected chi connectivity index (χ4v) is 2.97. The van der Waals surface area contributed by atoms with Gasteiger partial charge in [0.15, 0.2) is 12.4 Å². The van der Waals surface area contributed by atoms with Crippen LogP contribution in [0.25, 0.3) is 0 Å². The summed E-state index contributed by atoms with van der Waals surface area (Å²) in [6, 6.07) is 10.1. The second-order valence-corrected chi connectivity index (χ2v) is 6.34. The van der Waals surface area contributed by atoms with E-state index in [4.69, 9.17) is 4.74 Å². The van der Waals surface area contributed by atoms with Crippen LogP contribution < -0.4 is 9.64 Å². The van der Waals surface area contributed by atoms with E-state index >= 15 is 0 Å². The van der Waals surface area contributed by atoms with E-state index in [2.05, 4.69) is 0 Å². The number of nitrogens with zero attached hydrogens (tertiary/aromatic N) is 2. The quantitative estimate of drug-likeness (QED) is 0.755. The third kappa shape index (κ3) is 4.61. The Labute approximate surface area is 156 Å². The summed E-state index contributed by atoms with van der Waals surface area (Å²) in [5, 5.41) is 0. The maximum atomic E-state index is 14.3. The summed E-state index contributed by atoms with van der Waals surface area (Å²) in [5.74, 6) is -0.960. The molecule has 5 nitrogen and oxygen atoms in total. The zero-order valence-corrected chi connectivity index (χ0v) is 15.0. The van der Waals surface area contributed by atoms with Gasteiger partial charge in [0.05, 0.1) is 5.69 Å². The average molecular weight is 374 g/mol. The zero-order valence-electron chi connectivity index (χ0n) is 15.0. The Balaban J connectivity index is 1.54. The smallest absolute Gasteiger partial charge is 0.260 e. The van der Waals surface area contributed by atoms with Gasteiger partial charge in [-0.3, -0.25) is 9.59 Å². The van der Waals surface area contributed by atoms with Crippen molar-refractivity contribution in [2.45, 2.75) is 6.92 Å². The molecule has 1 saturated heterocycles. The van der Waals surface area contributed by atoms with Crippen LogP contribution in [-0.4, -0.2) is 49.4 Å². The van der Waals surface area contributed by atoms with Crippen LogP contribution in [0, 0.1) is 11.6 Å². The summed E-state index contributed by atoms with van der Waals surface area (Å²) in [5.41, 5.74) is 0.752. The number of benzene rings is 2. The first-order valence-electron chi connectivity index (χ1n) is 8.65. The average Bonchev–Trinajstić information content (AvgIpc) is 2.66. The van der Waals surface area contributed by atoms with Crippen molar-refractivity contribution in [3.8, 4) is 5.75 Å². The molecule has 0 unspecified atom stereocenters. The number of hydrogen-bond donors (Lipinski definition) is 0. The van der Waals surface area contributed by atoms with Crippen molar-refractivity contribution in [2.75, 3.05) is 37.7 Å². The molecule has 142 valence electrons. The Kier molecular flexibility index (Phi) is 5.69. The highest BCUT2D eigenvalue weighted by Gasteiger charge is 2.23. The molecule has 27 heavy (non-hydrogen) atoms. The molecule has 1 heterocycles. The van der Waals surface area contributed by atoms with Crippen LogP contribution in [-0.2, 0) is 4.79 Å². The van der Waals surface area contributed by atoms with Gasteiger partial charge in [0, 0.05) is 37.8 Å². The van der Waals surface area contributed by atoms with E-state index < -0.39 is 11.6 Å². The molecule has 0 N–H and O–H groups in total. The number of amides is 1. The lowest BCUT2D eigenvalue weighted by atomic mass is 10.1. The monoisotopic (exact) mass is 374 g/mol. The number of rotatable bonds is 5. The topological polar surface area (TPSA) is 49.9 Å². The van der Waals surface area contributed by atoms with Crippen molar-refractivity contribution in [2.24, 2.45) is 0 Å². The molecule has 0 aromatic heterocycles. The molecule has 0 spiro atoms. The summed E-state index contributed by atoms with van der Waals surface area (Å²) in [4.78, 5) is 27.1. The molecule has 0 aliphatic carbocycles. The van der Waals surface area contributed by atoms with Gasteiger partial charge in [-0.2, -0.15) is 0 Å².